The number of furan rings is 1. The average Bonchev–Trinajstić information content (AvgIpc) is 3.05. The number of carbonyl (C=O) groups is 2. The van der Waals surface area contributed by atoms with Gasteiger partial charge in [0.25, 0.3) is 5.91 Å². The number of aryl methyl sites for hydroxylation is 1. The molecule has 0 fully saturated rings. The maximum Gasteiger partial charge on any atom is 0.349 e. The molecule has 1 aromatic heterocycles. The SMILES string of the molecule is Cc1ccccc1NC(=O)COC(=O)/C(C#N)=C/c1ccco1. The molecule has 0 aliphatic carbocycles. The molecule has 0 unspecified atom stereocenters. The van der Waals surface area contributed by atoms with Gasteiger partial charge in [0.1, 0.15) is 17.4 Å². The quantitative estimate of drug-likeness (QED) is 0.520. The predicted octanol–water partition coefficient (Wildman–Crippen LogP) is 2.68. The molecule has 6 heteroatoms. The number of esters is 1. The molecule has 0 radical (unpaired) electrons. The number of nitrogens with zero attached hydrogens (tertiary/aromatic N) is 1. The minimum absolute atomic E-state index is 0.247. The third kappa shape index (κ3) is 4.58. The van der Waals surface area contributed by atoms with Crippen LogP contribution in [-0.4, -0.2) is 18.5 Å². The molecule has 1 heterocycles. The number of rotatable bonds is 5. The molecule has 1 aromatic carbocycles. The Bertz CT molecular complexity index is 770. The fourth-order valence-electron chi connectivity index (χ4n) is 1.76. The Morgan fingerprint density at radius 3 is 2.74 bits per heavy atom. The van der Waals surface area contributed by atoms with Crippen molar-refractivity contribution in [3.05, 3.63) is 59.6 Å². The van der Waals surface area contributed by atoms with Crippen LogP contribution in [0.3, 0.4) is 0 Å². The van der Waals surface area contributed by atoms with Gasteiger partial charge in [-0.25, -0.2) is 4.79 Å². The van der Waals surface area contributed by atoms with E-state index in [4.69, 9.17) is 14.4 Å². The summed E-state index contributed by atoms with van der Waals surface area (Å²) in [5.74, 6) is -1.02. The number of benzene rings is 1. The first-order valence-corrected chi connectivity index (χ1v) is 6.78. The Morgan fingerprint density at radius 2 is 2.09 bits per heavy atom. The van der Waals surface area contributed by atoms with Crippen molar-refractivity contribution >= 4 is 23.6 Å². The third-order valence-electron chi connectivity index (χ3n) is 2.92. The number of para-hydroxylation sites is 1. The molecule has 0 atom stereocenters. The first-order chi connectivity index (χ1) is 11.1. The fraction of sp³-hybridized carbons (Fsp3) is 0.118. The molecule has 1 amide bonds. The van der Waals surface area contributed by atoms with E-state index in [1.165, 1.54) is 12.3 Å². The van der Waals surface area contributed by atoms with Gasteiger partial charge in [-0.1, -0.05) is 18.2 Å². The standard InChI is InChI=1S/C17H14N2O4/c1-12-5-2-3-7-15(12)19-16(20)11-23-17(21)13(10-18)9-14-6-4-8-22-14/h2-9H,11H2,1H3,(H,19,20)/b13-9+. The van der Waals surface area contributed by atoms with Crippen molar-refractivity contribution in [2.24, 2.45) is 0 Å². The summed E-state index contributed by atoms with van der Waals surface area (Å²) >= 11 is 0. The number of nitrogens with one attached hydrogen (secondary N) is 1. The highest BCUT2D eigenvalue weighted by Gasteiger charge is 2.14. The van der Waals surface area contributed by atoms with Gasteiger partial charge in [-0.05, 0) is 30.7 Å². The van der Waals surface area contributed by atoms with Crippen LogP contribution in [0.5, 0.6) is 0 Å². The highest BCUT2D eigenvalue weighted by atomic mass is 16.5. The van der Waals surface area contributed by atoms with Gasteiger partial charge in [-0.2, -0.15) is 5.26 Å². The Labute approximate surface area is 133 Å². The zero-order chi connectivity index (χ0) is 16.7. The van der Waals surface area contributed by atoms with Gasteiger partial charge in [-0.15, -0.1) is 0 Å². The zero-order valence-electron chi connectivity index (χ0n) is 12.4. The van der Waals surface area contributed by atoms with Crippen LogP contribution >= 0.6 is 0 Å². The lowest BCUT2D eigenvalue weighted by atomic mass is 10.2. The molecule has 0 saturated heterocycles. The molecule has 116 valence electrons. The van der Waals surface area contributed by atoms with E-state index in [9.17, 15) is 9.59 Å². The van der Waals surface area contributed by atoms with Gasteiger partial charge in [-0.3, -0.25) is 4.79 Å². The summed E-state index contributed by atoms with van der Waals surface area (Å²) in [4.78, 5) is 23.6. The second-order valence-electron chi connectivity index (χ2n) is 4.62. The van der Waals surface area contributed by atoms with Crippen LogP contribution in [-0.2, 0) is 14.3 Å². The van der Waals surface area contributed by atoms with Crippen molar-refractivity contribution in [2.75, 3.05) is 11.9 Å². The molecule has 6 nitrogen and oxygen atoms in total. The number of ether oxygens (including phenoxy) is 1. The molecule has 0 spiro atoms. The van der Waals surface area contributed by atoms with Crippen LogP contribution in [0, 0.1) is 18.3 Å². The summed E-state index contributed by atoms with van der Waals surface area (Å²) in [6.45, 7) is 1.37. The molecule has 23 heavy (non-hydrogen) atoms. The van der Waals surface area contributed by atoms with Crippen molar-refractivity contribution in [1.29, 1.82) is 5.26 Å². The van der Waals surface area contributed by atoms with Crippen LogP contribution in [0.2, 0.25) is 0 Å². The highest BCUT2D eigenvalue weighted by Crippen LogP contribution is 2.13. The van der Waals surface area contributed by atoms with Gasteiger partial charge in [0.2, 0.25) is 0 Å². The van der Waals surface area contributed by atoms with Crippen LogP contribution < -0.4 is 5.32 Å². The van der Waals surface area contributed by atoms with Crippen molar-refractivity contribution in [2.45, 2.75) is 6.92 Å². The molecule has 1 N–H and O–H groups in total. The van der Waals surface area contributed by atoms with Gasteiger partial charge in [0.05, 0.1) is 6.26 Å². The van der Waals surface area contributed by atoms with Crippen LogP contribution in [0.25, 0.3) is 6.08 Å². The lowest BCUT2D eigenvalue weighted by Crippen LogP contribution is -2.21. The van der Waals surface area contributed by atoms with E-state index in [0.29, 0.717) is 11.4 Å². The number of hydrogen-bond donors (Lipinski definition) is 1. The van der Waals surface area contributed by atoms with E-state index < -0.39 is 18.5 Å². The minimum atomic E-state index is -0.885. The number of amides is 1. The summed E-state index contributed by atoms with van der Waals surface area (Å²) in [7, 11) is 0. The molecule has 0 aliphatic rings. The summed E-state index contributed by atoms with van der Waals surface area (Å²) in [5, 5.41) is 11.6. The smallest absolute Gasteiger partial charge is 0.349 e. The van der Waals surface area contributed by atoms with Gasteiger partial charge in [0.15, 0.2) is 6.61 Å². The van der Waals surface area contributed by atoms with Crippen LogP contribution in [0.4, 0.5) is 5.69 Å². The first kappa shape index (κ1) is 16.0. The Balaban J connectivity index is 1.92. The fourth-order valence-corrected chi connectivity index (χ4v) is 1.76. The molecule has 0 aliphatic heterocycles. The number of hydrogen-bond acceptors (Lipinski definition) is 5. The largest absolute Gasteiger partial charge is 0.465 e. The maximum atomic E-state index is 11.8. The number of carbonyl (C=O) groups excluding carboxylic acids is 2. The molecule has 0 bridgehead atoms. The number of anilines is 1. The second-order valence-corrected chi connectivity index (χ2v) is 4.62. The molecular formula is C17H14N2O4. The highest BCUT2D eigenvalue weighted by molar-refractivity contribution is 6.00. The van der Waals surface area contributed by atoms with Crippen LogP contribution in [0.15, 0.2) is 52.7 Å². The summed E-state index contributed by atoms with van der Waals surface area (Å²) in [5.41, 5.74) is 1.28. The van der Waals surface area contributed by atoms with Crippen molar-refractivity contribution in [3.63, 3.8) is 0 Å². The van der Waals surface area contributed by atoms with Crippen molar-refractivity contribution < 1.29 is 18.7 Å². The molecule has 2 aromatic rings. The van der Waals surface area contributed by atoms with E-state index in [-0.39, 0.29) is 5.57 Å². The van der Waals surface area contributed by atoms with E-state index in [1.54, 1.807) is 30.3 Å². The van der Waals surface area contributed by atoms with Gasteiger partial charge in [0, 0.05) is 11.8 Å². The molecular weight excluding hydrogens is 296 g/mol. The maximum absolute atomic E-state index is 11.8. The topological polar surface area (TPSA) is 92.3 Å². The lowest BCUT2D eigenvalue weighted by Gasteiger charge is -2.08. The van der Waals surface area contributed by atoms with E-state index in [0.717, 1.165) is 5.56 Å². The van der Waals surface area contributed by atoms with Gasteiger partial charge >= 0.3 is 5.97 Å². The van der Waals surface area contributed by atoms with E-state index in [2.05, 4.69) is 5.32 Å². The minimum Gasteiger partial charge on any atom is -0.465 e. The average molecular weight is 310 g/mol. The second kappa shape index (κ2) is 7.61. The monoisotopic (exact) mass is 310 g/mol. The third-order valence-corrected chi connectivity index (χ3v) is 2.92. The Hall–Kier alpha value is -3.33. The zero-order valence-corrected chi connectivity index (χ0v) is 12.4. The van der Waals surface area contributed by atoms with E-state index in [1.807, 2.05) is 19.1 Å². The first-order valence-electron chi connectivity index (χ1n) is 6.78. The number of nitriles is 1. The molecule has 2 rings (SSSR count). The van der Waals surface area contributed by atoms with Crippen molar-refractivity contribution in [3.8, 4) is 6.07 Å². The summed E-state index contributed by atoms with van der Waals surface area (Å²) in [6.07, 6.45) is 2.67. The summed E-state index contributed by atoms with van der Waals surface area (Å²) in [6, 6.07) is 12.2. The van der Waals surface area contributed by atoms with Crippen molar-refractivity contribution in [1.82, 2.24) is 0 Å². The van der Waals surface area contributed by atoms with Crippen LogP contribution in [0.1, 0.15) is 11.3 Å². The summed E-state index contributed by atoms with van der Waals surface area (Å²) < 4.78 is 9.85. The Kier molecular flexibility index (Phi) is 5.31. The normalized spacial score (nSPS) is 10.7. The molecule has 0 saturated carbocycles. The Morgan fingerprint density at radius 1 is 1.30 bits per heavy atom. The van der Waals surface area contributed by atoms with Gasteiger partial charge < -0.3 is 14.5 Å². The van der Waals surface area contributed by atoms with E-state index >= 15 is 0 Å². The predicted molar refractivity (Wildman–Crippen MR) is 83.1 cm³/mol. The lowest BCUT2D eigenvalue weighted by molar-refractivity contribution is -0.142.